The highest BCUT2D eigenvalue weighted by atomic mass is 16.2. The van der Waals surface area contributed by atoms with Crippen molar-refractivity contribution in [1.29, 1.82) is 0 Å². The van der Waals surface area contributed by atoms with E-state index in [1.807, 2.05) is 18.7 Å². The lowest BCUT2D eigenvalue weighted by Crippen LogP contribution is -2.48. The minimum absolute atomic E-state index is 0.0718. The molecule has 30 heavy (non-hydrogen) atoms. The Hall–Kier alpha value is -2.70. The number of amides is 4. The monoisotopic (exact) mass is 413 g/mol. The van der Waals surface area contributed by atoms with E-state index in [0.29, 0.717) is 30.6 Å². The maximum Gasteiger partial charge on any atom is 0.261 e. The molecule has 0 radical (unpaired) electrons. The Morgan fingerprint density at radius 3 is 2.13 bits per heavy atom. The molecular weight excluding hydrogens is 382 g/mol. The highest BCUT2D eigenvalue weighted by Gasteiger charge is 2.34. The molecule has 0 atom stereocenters. The third kappa shape index (κ3) is 4.71. The van der Waals surface area contributed by atoms with Gasteiger partial charge >= 0.3 is 0 Å². The van der Waals surface area contributed by atoms with Crippen LogP contribution in [0.3, 0.4) is 0 Å². The summed E-state index contributed by atoms with van der Waals surface area (Å²) in [6, 6.07) is 6.86. The standard InChI is InChI=1S/C23H31N3O4/c1-3-16(4-2)21(28)25-14-11-17(12-15-25)24-20(27)10-7-13-26-22(29)18-8-5-6-9-19(18)23(26)30/h5-6,8-9,16-17H,3-4,7,10-15H2,1-2H3,(H,24,27). The van der Waals surface area contributed by atoms with Gasteiger partial charge in [-0.3, -0.25) is 24.1 Å². The smallest absolute Gasteiger partial charge is 0.261 e. The molecule has 2 aliphatic rings. The van der Waals surface area contributed by atoms with Crippen LogP contribution >= 0.6 is 0 Å². The Morgan fingerprint density at radius 1 is 1.03 bits per heavy atom. The van der Waals surface area contributed by atoms with Crippen LogP contribution in [0.4, 0.5) is 0 Å². The van der Waals surface area contributed by atoms with E-state index in [0.717, 1.165) is 25.7 Å². The second-order valence-corrected chi connectivity index (χ2v) is 8.09. The normalized spacial score (nSPS) is 16.9. The van der Waals surface area contributed by atoms with Crippen LogP contribution < -0.4 is 5.32 Å². The zero-order valence-electron chi connectivity index (χ0n) is 17.9. The largest absolute Gasteiger partial charge is 0.353 e. The zero-order valence-corrected chi connectivity index (χ0v) is 17.9. The number of likely N-dealkylation sites (tertiary alicyclic amines) is 1. The minimum Gasteiger partial charge on any atom is -0.353 e. The zero-order chi connectivity index (χ0) is 21.7. The molecule has 0 saturated carbocycles. The number of fused-ring (bicyclic) bond motifs is 1. The van der Waals surface area contributed by atoms with Crippen molar-refractivity contribution in [3.63, 3.8) is 0 Å². The quantitative estimate of drug-likeness (QED) is 0.664. The van der Waals surface area contributed by atoms with Crippen molar-refractivity contribution >= 4 is 23.6 Å². The summed E-state index contributed by atoms with van der Waals surface area (Å²) in [7, 11) is 0. The number of rotatable bonds is 8. The molecule has 1 fully saturated rings. The topological polar surface area (TPSA) is 86.8 Å². The average Bonchev–Trinajstić information content (AvgIpc) is 3.00. The van der Waals surface area contributed by atoms with E-state index in [1.54, 1.807) is 24.3 Å². The first-order valence-electron chi connectivity index (χ1n) is 11.0. The van der Waals surface area contributed by atoms with Gasteiger partial charge in [0.2, 0.25) is 11.8 Å². The first-order chi connectivity index (χ1) is 14.5. The lowest BCUT2D eigenvalue weighted by Gasteiger charge is -2.34. The number of hydrogen-bond acceptors (Lipinski definition) is 4. The molecule has 0 aromatic heterocycles. The predicted molar refractivity (Wildman–Crippen MR) is 113 cm³/mol. The maximum absolute atomic E-state index is 12.5. The first-order valence-corrected chi connectivity index (χ1v) is 11.0. The molecule has 1 saturated heterocycles. The fourth-order valence-corrected chi connectivity index (χ4v) is 4.28. The molecule has 2 heterocycles. The van der Waals surface area contributed by atoms with E-state index in [-0.39, 0.29) is 48.6 Å². The van der Waals surface area contributed by atoms with Gasteiger partial charge in [-0.15, -0.1) is 0 Å². The number of nitrogens with one attached hydrogen (secondary N) is 1. The van der Waals surface area contributed by atoms with Crippen LogP contribution in [0, 0.1) is 5.92 Å². The predicted octanol–water partition coefficient (Wildman–Crippen LogP) is 2.61. The molecule has 3 rings (SSSR count). The highest BCUT2D eigenvalue weighted by Crippen LogP contribution is 2.23. The van der Waals surface area contributed by atoms with E-state index in [4.69, 9.17) is 0 Å². The van der Waals surface area contributed by atoms with Gasteiger partial charge in [0.05, 0.1) is 11.1 Å². The molecule has 0 aliphatic carbocycles. The fraction of sp³-hybridized carbons (Fsp3) is 0.565. The molecule has 1 N–H and O–H groups in total. The molecule has 162 valence electrons. The number of hydrogen-bond donors (Lipinski definition) is 1. The van der Waals surface area contributed by atoms with Gasteiger partial charge in [0.15, 0.2) is 0 Å². The van der Waals surface area contributed by atoms with Crippen LogP contribution in [0.1, 0.15) is 73.1 Å². The van der Waals surface area contributed by atoms with Crippen molar-refractivity contribution in [3.05, 3.63) is 35.4 Å². The number of carbonyl (C=O) groups excluding carboxylic acids is 4. The lowest BCUT2D eigenvalue weighted by molar-refractivity contribution is -0.137. The molecule has 1 aromatic carbocycles. The van der Waals surface area contributed by atoms with Crippen molar-refractivity contribution in [2.45, 2.75) is 58.4 Å². The summed E-state index contributed by atoms with van der Waals surface area (Å²) in [6.45, 7) is 5.68. The molecule has 4 amide bonds. The SMILES string of the molecule is CCC(CC)C(=O)N1CCC(NC(=O)CCCN2C(=O)c3ccccc3C2=O)CC1. The summed E-state index contributed by atoms with van der Waals surface area (Å²) in [4.78, 5) is 52.6. The van der Waals surface area contributed by atoms with Gasteiger partial charge < -0.3 is 10.2 Å². The fourth-order valence-electron chi connectivity index (χ4n) is 4.28. The molecular formula is C23H31N3O4. The summed E-state index contributed by atoms with van der Waals surface area (Å²) < 4.78 is 0. The second kappa shape index (κ2) is 9.87. The van der Waals surface area contributed by atoms with Crippen molar-refractivity contribution in [1.82, 2.24) is 15.1 Å². The van der Waals surface area contributed by atoms with Crippen LogP contribution in [-0.4, -0.2) is 59.1 Å². The van der Waals surface area contributed by atoms with E-state index >= 15 is 0 Å². The summed E-state index contributed by atoms with van der Waals surface area (Å²) in [6.07, 6.45) is 3.94. The van der Waals surface area contributed by atoms with Crippen LogP contribution in [0.5, 0.6) is 0 Å². The van der Waals surface area contributed by atoms with Gasteiger partial charge in [-0.05, 0) is 44.2 Å². The molecule has 0 spiro atoms. The number of imide groups is 1. The van der Waals surface area contributed by atoms with Gasteiger partial charge in [-0.2, -0.15) is 0 Å². The van der Waals surface area contributed by atoms with Gasteiger partial charge in [-0.1, -0.05) is 26.0 Å². The second-order valence-electron chi connectivity index (χ2n) is 8.09. The van der Waals surface area contributed by atoms with Crippen LogP contribution in [0.15, 0.2) is 24.3 Å². The van der Waals surface area contributed by atoms with Crippen molar-refractivity contribution in [3.8, 4) is 0 Å². The Kier molecular flexibility index (Phi) is 7.24. The van der Waals surface area contributed by atoms with Crippen LogP contribution in [0.25, 0.3) is 0 Å². The average molecular weight is 414 g/mol. The van der Waals surface area contributed by atoms with E-state index in [1.165, 1.54) is 4.90 Å². The lowest BCUT2D eigenvalue weighted by atomic mass is 9.98. The van der Waals surface area contributed by atoms with Gasteiger partial charge in [-0.25, -0.2) is 0 Å². The number of nitrogens with zero attached hydrogens (tertiary/aromatic N) is 2. The maximum atomic E-state index is 12.5. The van der Waals surface area contributed by atoms with Crippen molar-refractivity contribution in [2.24, 2.45) is 5.92 Å². The Bertz CT molecular complexity index is 775. The third-order valence-electron chi connectivity index (χ3n) is 6.17. The van der Waals surface area contributed by atoms with Crippen LogP contribution in [0.2, 0.25) is 0 Å². The Labute approximate surface area is 177 Å². The number of piperidine rings is 1. The van der Waals surface area contributed by atoms with E-state index in [2.05, 4.69) is 5.32 Å². The molecule has 0 unspecified atom stereocenters. The number of carbonyl (C=O) groups is 4. The van der Waals surface area contributed by atoms with Crippen molar-refractivity contribution in [2.75, 3.05) is 19.6 Å². The Balaban J connectivity index is 1.39. The van der Waals surface area contributed by atoms with E-state index < -0.39 is 0 Å². The Morgan fingerprint density at radius 2 is 1.60 bits per heavy atom. The molecule has 2 aliphatic heterocycles. The van der Waals surface area contributed by atoms with Gasteiger partial charge in [0.25, 0.3) is 11.8 Å². The highest BCUT2D eigenvalue weighted by molar-refractivity contribution is 6.21. The molecule has 1 aromatic rings. The summed E-state index contributed by atoms with van der Waals surface area (Å²) in [5.74, 6) is -0.323. The van der Waals surface area contributed by atoms with Gasteiger partial charge in [0.1, 0.15) is 0 Å². The van der Waals surface area contributed by atoms with Gasteiger partial charge in [0, 0.05) is 38.0 Å². The molecule has 7 heteroatoms. The van der Waals surface area contributed by atoms with E-state index in [9.17, 15) is 19.2 Å². The van der Waals surface area contributed by atoms with Crippen LogP contribution in [-0.2, 0) is 9.59 Å². The molecule has 7 nitrogen and oxygen atoms in total. The number of benzene rings is 1. The first kappa shape index (κ1) is 22.0. The summed E-state index contributed by atoms with van der Waals surface area (Å²) in [5, 5.41) is 3.04. The summed E-state index contributed by atoms with van der Waals surface area (Å²) in [5.41, 5.74) is 0.864. The molecule has 0 bridgehead atoms. The minimum atomic E-state index is -0.287. The summed E-state index contributed by atoms with van der Waals surface area (Å²) >= 11 is 0. The third-order valence-corrected chi connectivity index (χ3v) is 6.17. The van der Waals surface area contributed by atoms with Crippen molar-refractivity contribution < 1.29 is 19.2 Å².